The largest absolute Gasteiger partial charge is 0.325 e. The molecule has 1 aromatic carbocycles. The summed E-state index contributed by atoms with van der Waals surface area (Å²) in [6.07, 6.45) is 2.24. The minimum absolute atomic E-state index is 0.165. The minimum Gasteiger partial charge on any atom is -0.325 e. The molecule has 1 N–H and O–H groups in total. The second-order valence-electron chi connectivity index (χ2n) is 5.78. The van der Waals surface area contributed by atoms with E-state index in [2.05, 4.69) is 20.1 Å². The second kappa shape index (κ2) is 7.74. The molecule has 2 aromatic rings. The van der Waals surface area contributed by atoms with Gasteiger partial charge in [-0.2, -0.15) is 8.78 Å². The normalized spacial score (nSPS) is 15.4. The van der Waals surface area contributed by atoms with Crippen LogP contribution in [0.15, 0.2) is 34.3 Å². The molecule has 5 nitrogen and oxygen atoms in total. The first kappa shape index (κ1) is 18.2. The van der Waals surface area contributed by atoms with Crippen molar-refractivity contribution < 1.29 is 13.6 Å². The summed E-state index contributed by atoms with van der Waals surface area (Å²) in [5.41, 5.74) is 0.580. The Balaban J connectivity index is 1.59. The first-order valence-electron chi connectivity index (χ1n) is 7.88. The number of carbonyl (C=O) groups is 1. The van der Waals surface area contributed by atoms with Gasteiger partial charge in [0.15, 0.2) is 5.16 Å². The first-order valence-corrected chi connectivity index (χ1v) is 9.64. The van der Waals surface area contributed by atoms with Crippen molar-refractivity contribution in [2.24, 2.45) is 0 Å². The molecule has 1 aliphatic carbocycles. The number of hydrogen-bond acceptors (Lipinski definition) is 5. The van der Waals surface area contributed by atoms with Crippen LogP contribution in [-0.2, 0) is 4.79 Å². The maximum atomic E-state index is 12.4. The van der Waals surface area contributed by atoms with Crippen LogP contribution in [0.3, 0.4) is 0 Å². The van der Waals surface area contributed by atoms with E-state index in [-0.39, 0.29) is 11.2 Å². The number of aromatic nitrogens is 3. The van der Waals surface area contributed by atoms with Gasteiger partial charge >= 0.3 is 0 Å². The smallest absolute Gasteiger partial charge is 0.288 e. The Bertz CT molecular complexity index is 747. The predicted molar refractivity (Wildman–Crippen MR) is 95.3 cm³/mol. The fourth-order valence-electron chi connectivity index (χ4n) is 2.36. The molecule has 1 heterocycles. The number of benzene rings is 1. The van der Waals surface area contributed by atoms with E-state index in [9.17, 15) is 13.6 Å². The molecule has 1 saturated carbocycles. The molecule has 0 unspecified atom stereocenters. The maximum absolute atomic E-state index is 12.4. The van der Waals surface area contributed by atoms with Crippen LogP contribution in [0, 0.1) is 6.92 Å². The van der Waals surface area contributed by atoms with Crippen molar-refractivity contribution in [2.45, 2.75) is 53.8 Å². The zero-order valence-corrected chi connectivity index (χ0v) is 15.4. The van der Waals surface area contributed by atoms with E-state index in [1.807, 2.05) is 13.8 Å². The van der Waals surface area contributed by atoms with Gasteiger partial charge in [0, 0.05) is 16.6 Å². The van der Waals surface area contributed by atoms with Crippen LogP contribution in [0.2, 0.25) is 0 Å². The van der Waals surface area contributed by atoms with Crippen LogP contribution < -0.4 is 5.32 Å². The molecule has 1 aromatic heterocycles. The van der Waals surface area contributed by atoms with E-state index in [0.717, 1.165) is 23.8 Å². The van der Waals surface area contributed by atoms with E-state index >= 15 is 0 Å². The number of halogens is 2. The van der Waals surface area contributed by atoms with Crippen molar-refractivity contribution in [3.63, 3.8) is 0 Å². The fourth-order valence-corrected chi connectivity index (χ4v) is 3.82. The van der Waals surface area contributed by atoms with Gasteiger partial charge in [0.2, 0.25) is 5.91 Å². The Kier molecular flexibility index (Phi) is 5.63. The second-order valence-corrected chi connectivity index (χ2v) is 8.15. The lowest BCUT2D eigenvalue weighted by Crippen LogP contribution is -2.22. The summed E-state index contributed by atoms with van der Waals surface area (Å²) in [5.74, 6) is -1.75. The zero-order valence-electron chi connectivity index (χ0n) is 13.8. The van der Waals surface area contributed by atoms with Gasteiger partial charge in [0.25, 0.3) is 5.76 Å². The number of amides is 1. The Morgan fingerprint density at radius 1 is 1.24 bits per heavy atom. The monoisotopic (exact) mass is 384 g/mol. The van der Waals surface area contributed by atoms with Crippen LogP contribution in [0.5, 0.6) is 0 Å². The number of alkyl halides is 2. The number of hydrogen-bond donors (Lipinski definition) is 1. The van der Waals surface area contributed by atoms with Gasteiger partial charge in [-0.05, 0) is 51.0 Å². The van der Waals surface area contributed by atoms with Gasteiger partial charge < -0.3 is 9.88 Å². The van der Waals surface area contributed by atoms with Gasteiger partial charge in [-0.1, -0.05) is 23.5 Å². The lowest BCUT2D eigenvalue weighted by molar-refractivity contribution is -0.115. The van der Waals surface area contributed by atoms with Gasteiger partial charge in [0.05, 0.1) is 5.25 Å². The average molecular weight is 384 g/mol. The van der Waals surface area contributed by atoms with E-state index in [1.165, 1.54) is 11.8 Å². The number of carbonyl (C=O) groups excluding carboxylic acids is 1. The Morgan fingerprint density at radius 2 is 1.92 bits per heavy atom. The van der Waals surface area contributed by atoms with Gasteiger partial charge in [-0.15, -0.1) is 10.2 Å². The Labute approximate surface area is 153 Å². The molecule has 1 fully saturated rings. The topological polar surface area (TPSA) is 59.8 Å². The molecular formula is C16H18F2N4OS2. The van der Waals surface area contributed by atoms with E-state index in [4.69, 9.17) is 0 Å². The van der Waals surface area contributed by atoms with Gasteiger partial charge in [-0.3, -0.25) is 4.79 Å². The summed E-state index contributed by atoms with van der Waals surface area (Å²) in [6, 6.07) is 6.83. The quantitative estimate of drug-likeness (QED) is 0.719. The lowest BCUT2D eigenvalue weighted by Gasteiger charge is -2.13. The van der Waals surface area contributed by atoms with Crippen molar-refractivity contribution in [1.82, 2.24) is 14.8 Å². The Hall–Kier alpha value is -1.61. The van der Waals surface area contributed by atoms with Crippen LogP contribution in [0.4, 0.5) is 14.5 Å². The highest BCUT2D eigenvalue weighted by Crippen LogP contribution is 2.39. The third-order valence-electron chi connectivity index (χ3n) is 3.75. The molecule has 25 heavy (non-hydrogen) atoms. The molecule has 0 aliphatic heterocycles. The summed E-state index contributed by atoms with van der Waals surface area (Å²) >= 11 is 1.85. The number of thioether (sulfide) groups is 2. The van der Waals surface area contributed by atoms with Crippen LogP contribution in [0.1, 0.15) is 31.6 Å². The molecule has 1 atom stereocenters. The summed E-state index contributed by atoms with van der Waals surface area (Å²) in [4.78, 5) is 12.8. The van der Waals surface area contributed by atoms with Crippen molar-refractivity contribution in [2.75, 3.05) is 5.32 Å². The third kappa shape index (κ3) is 4.72. The summed E-state index contributed by atoms with van der Waals surface area (Å²) in [7, 11) is 0. The number of nitrogens with zero attached hydrogens (tertiary/aromatic N) is 3. The summed E-state index contributed by atoms with van der Waals surface area (Å²) in [6.45, 7) is 3.72. The number of aryl methyl sites for hydroxylation is 1. The maximum Gasteiger partial charge on any atom is 0.288 e. The third-order valence-corrected chi connectivity index (χ3v) is 5.52. The predicted octanol–water partition coefficient (Wildman–Crippen LogP) is 4.36. The molecule has 1 amide bonds. The molecule has 1 aliphatic rings. The SMILES string of the molecule is Cc1nnc(S[C@@H](C)C(=O)Nc2ccc(SC(F)F)cc2)n1C1CC1. The number of nitrogens with one attached hydrogen (secondary N) is 1. The number of anilines is 1. The molecule has 0 bridgehead atoms. The van der Waals surface area contributed by atoms with E-state index in [0.29, 0.717) is 28.4 Å². The molecule has 0 saturated heterocycles. The minimum atomic E-state index is -2.45. The highest BCUT2D eigenvalue weighted by atomic mass is 32.2. The summed E-state index contributed by atoms with van der Waals surface area (Å²) < 4.78 is 26.7. The van der Waals surface area contributed by atoms with Crippen LogP contribution in [0.25, 0.3) is 0 Å². The average Bonchev–Trinajstić information content (AvgIpc) is 3.33. The van der Waals surface area contributed by atoms with Crippen molar-refractivity contribution in [1.29, 1.82) is 0 Å². The Morgan fingerprint density at radius 3 is 2.52 bits per heavy atom. The number of rotatable bonds is 7. The van der Waals surface area contributed by atoms with Crippen molar-refractivity contribution in [3.05, 3.63) is 30.1 Å². The molecule has 134 valence electrons. The lowest BCUT2D eigenvalue weighted by atomic mass is 10.3. The van der Waals surface area contributed by atoms with Crippen molar-refractivity contribution in [3.8, 4) is 0 Å². The highest BCUT2D eigenvalue weighted by molar-refractivity contribution is 8.00. The fraction of sp³-hybridized carbons (Fsp3) is 0.438. The molecule has 3 rings (SSSR count). The molecular weight excluding hydrogens is 366 g/mol. The van der Waals surface area contributed by atoms with E-state index in [1.54, 1.807) is 24.3 Å². The molecule has 0 spiro atoms. The first-order chi connectivity index (χ1) is 11.9. The highest BCUT2D eigenvalue weighted by Gasteiger charge is 2.29. The zero-order chi connectivity index (χ0) is 18.0. The molecule has 0 radical (unpaired) electrons. The van der Waals surface area contributed by atoms with Crippen molar-refractivity contribution >= 4 is 35.1 Å². The van der Waals surface area contributed by atoms with Crippen LogP contribution in [-0.4, -0.2) is 31.7 Å². The molecule has 9 heteroatoms. The van der Waals surface area contributed by atoms with Gasteiger partial charge in [0.1, 0.15) is 5.82 Å². The van der Waals surface area contributed by atoms with Crippen LogP contribution >= 0.6 is 23.5 Å². The van der Waals surface area contributed by atoms with Gasteiger partial charge in [-0.25, -0.2) is 0 Å². The standard InChI is InChI=1S/C16H18F2N4OS2/c1-9(24-16-21-20-10(2)22(16)12-5-6-12)14(23)19-11-3-7-13(8-4-11)25-15(17)18/h3-4,7-9,12,15H,5-6H2,1-2H3,(H,19,23)/t9-/m0/s1. The van der Waals surface area contributed by atoms with E-state index < -0.39 is 5.76 Å². The summed E-state index contributed by atoms with van der Waals surface area (Å²) in [5, 5.41) is 11.5.